The quantitative estimate of drug-likeness (QED) is 0.903. The Morgan fingerprint density at radius 2 is 1.85 bits per heavy atom. The summed E-state index contributed by atoms with van der Waals surface area (Å²) in [5.41, 5.74) is 3.18. The van der Waals surface area contributed by atoms with Gasteiger partial charge in [0.25, 0.3) is 0 Å². The number of rotatable bonds is 5. The van der Waals surface area contributed by atoms with E-state index < -0.39 is 0 Å². The Labute approximate surface area is 127 Å². The molecule has 1 aromatic heterocycles. The van der Waals surface area contributed by atoms with Gasteiger partial charge in [0.05, 0.1) is 18.1 Å². The summed E-state index contributed by atoms with van der Waals surface area (Å²) in [5, 5.41) is 3.21. The highest BCUT2D eigenvalue weighted by Crippen LogP contribution is 2.28. The highest BCUT2D eigenvalue weighted by Gasteiger charge is 2.05. The molecule has 0 radical (unpaired) electrons. The molecule has 4 nitrogen and oxygen atoms in total. The molecule has 1 N–H and O–H groups in total. The molecular formula is C15H18BrN3O. The number of halogens is 1. The van der Waals surface area contributed by atoms with Crippen molar-refractivity contribution in [3.8, 4) is 11.6 Å². The number of benzene rings is 1. The smallest absolute Gasteiger partial charge is 0.237 e. The first-order chi connectivity index (χ1) is 9.60. The van der Waals surface area contributed by atoms with Gasteiger partial charge in [-0.2, -0.15) is 0 Å². The number of ether oxygens (including phenoxy) is 1. The third kappa shape index (κ3) is 3.77. The summed E-state index contributed by atoms with van der Waals surface area (Å²) in [4.78, 5) is 8.59. The second-order valence-electron chi connectivity index (χ2n) is 4.60. The molecule has 1 aromatic carbocycles. The van der Waals surface area contributed by atoms with Crippen LogP contribution < -0.4 is 10.1 Å². The fourth-order valence-electron chi connectivity index (χ4n) is 1.83. The Hall–Kier alpha value is -1.46. The SMILES string of the molecule is CCNCc1cnc(Oc2cc(C)c(Br)c(C)c2)cn1. The molecule has 0 saturated heterocycles. The van der Waals surface area contributed by atoms with E-state index in [2.05, 4.69) is 38.1 Å². The van der Waals surface area contributed by atoms with Gasteiger partial charge in [0, 0.05) is 11.0 Å². The maximum atomic E-state index is 5.74. The molecule has 0 aliphatic carbocycles. The van der Waals surface area contributed by atoms with Crippen molar-refractivity contribution < 1.29 is 4.74 Å². The van der Waals surface area contributed by atoms with Crippen LogP contribution in [0, 0.1) is 13.8 Å². The zero-order valence-electron chi connectivity index (χ0n) is 11.9. The van der Waals surface area contributed by atoms with Crippen molar-refractivity contribution in [3.63, 3.8) is 0 Å². The average molecular weight is 336 g/mol. The summed E-state index contributed by atoms with van der Waals surface area (Å²) in [6.07, 6.45) is 3.38. The lowest BCUT2D eigenvalue weighted by molar-refractivity contribution is 0.458. The molecule has 2 aromatic rings. The number of hydrogen-bond acceptors (Lipinski definition) is 4. The van der Waals surface area contributed by atoms with Gasteiger partial charge in [-0.05, 0) is 43.7 Å². The zero-order valence-corrected chi connectivity index (χ0v) is 13.5. The van der Waals surface area contributed by atoms with Gasteiger partial charge in [-0.1, -0.05) is 22.9 Å². The van der Waals surface area contributed by atoms with Gasteiger partial charge in [-0.25, -0.2) is 4.98 Å². The van der Waals surface area contributed by atoms with Gasteiger partial charge in [-0.15, -0.1) is 0 Å². The Morgan fingerprint density at radius 1 is 1.15 bits per heavy atom. The van der Waals surface area contributed by atoms with Crippen LogP contribution in [0.1, 0.15) is 23.7 Å². The summed E-state index contributed by atoms with van der Waals surface area (Å²) in [7, 11) is 0. The van der Waals surface area contributed by atoms with E-state index in [1.54, 1.807) is 12.4 Å². The summed E-state index contributed by atoms with van der Waals surface area (Å²) < 4.78 is 6.85. The van der Waals surface area contributed by atoms with Gasteiger partial charge in [0.1, 0.15) is 5.75 Å². The minimum Gasteiger partial charge on any atom is -0.437 e. The van der Waals surface area contributed by atoms with E-state index in [1.165, 1.54) is 0 Å². The first-order valence-electron chi connectivity index (χ1n) is 6.56. The van der Waals surface area contributed by atoms with E-state index in [-0.39, 0.29) is 0 Å². The lowest BCUT2D eigenvalue weighted by atomic mass is 10.1. The van der Waals surface area contributed by atoms with Gasteiger partial charge in [-0.3, -0.25) is 4.98 Å². The van der Waals surface area contributed by atoms with Crippen LogP contribution in [0.25, 0.3) is 0 Å². The summed E-state index contributed by atoms with van der Waals surface area (Å²) in [5.74, 6) is 1.28. The molecule has 20 heavy (non-hydrogen) atoms. The van der Waals surface area contributed by atoms with Crippen molar-refractivity contribution in [1.82, 2.24) is 15.3 Å². The van der Waals surface area contributed by atoms with Crippen LogP contribution >= 0.6 is 15.9 Å². The Balaban J connectivity index is 2.10. The molecule has 0 saturated carbocycles. The number of nitrogens with one attached hydrogen (secondary N) is 1. The number of hydrogen-bond donors (Lipinski definition) is 1. The Bertz CT molecular complexity index is 561. The van der Waals surface area contributed by atoms with E-state index in [0.717, 1.165) is 40.1 Å². The van der Waals surface area contributed by atoms with Crippen molar-refractivity contribution in [2.75, 3.05) is 6.54 Å². The van der Waals surface area contributed by atoms with E-state index in [9.17, 15) is 0 Å². The van der Waals surface area contributed by atoms with Crippen LogP contribution in [0.2, 0.25) is 0 Å². The van der Waals surface area contributed by atoms with Crippen molar-refractivity contribution in [2.45, 2.75) is 27.3 Å². The van der Waals surface area contributed by atoms with Crippen LogP contribution in [0.5, 0.6) is 11.6 Å². The molecule has 0 spiro atoms. The minimum atomic E-state index is 0.506. The predicted octanol–water partition coefficient (Wildman–Crippen LogP) is 3.76. The molecule has 0 fully saturated rings. The van der Waals surface area contributed by atoms with Crippen LogP contribution in [0.3, 0.4) is 0 Å². The Morgan fingerprint density at radius 3 is 2.40 bits per heavy atom. The molecule has 0 bridgehead atoms. The van der Waals surface area contributed by atoms with Crippen molar-refractivity contribution in [3.05, 3.63) is 45.8 Å². The summed E-state index contributed by atoms with van der Waals surface area (Å²) in [6, 6.07) is 3.95. The minimum absolute atomic E-state index is 0.506. The van der Waals surface area contributed by atoms with E-state index in [0.29, 0.717) is 5.88 Å². The second kappa shape index (κ2) is 6.81. The first kappa shape index (κ1) is 14.9. The second-order valence-corrected chi connectivity index (χ2v) is 5.39. The molecule has 5 heteroatoms. The molecule has 2 rings (SSSR count). The fraction of sp³-hybridized carbons (Fsp3) is 0.333. The predicted molar refractivity (Wildman–Crippen MR) is 83.1 cm³/mol. The number of nitrogens with zero attached hydrogens (tertiary/aromatic N) is 2. The maximum Gasteiger partial charge on any atom is 0.237 e. The molecule has 0 aliphatic heterocycles. The van der Waals surface area contributed by atoms with E-state index in [4.69, 9.17) is 4.74 Å². The molecule has 0 aliphatic rings. The maximum absolute atomic E-state index is 5.74. The number of aryl methyl sites for hydroxylation is 2. The third-order valence-corrected chi connectivity index (χ3v) is 4.12. The fourth-order valence-corrected chi connectivity index (χ4v) is 2.05. The number of aromatic nitrogens is 2. The topological polar surface area (TPSA) is 47.0 Å². The van der Waals surface area contributed by atoms with Crippen LogP contribution in [-0.4, -0.2) is 16.5 Å². The van der Waals surface area contributed by atoms with Gasteiger partial charge in [0.15, 0.2) is 0 Å². The first-order valence-corrected chi connectivity index (χ1v) is 7.35. The van der Waals surface area contributed by atoms with Crippen molar-refractivity contribution in [1.29, 1.82) is 0 Å². The average Bonchev–Trinajstić information content (AvgIpc) is 2.44. The van der Waals surface area contributed by atoms with Crippen LogP contribution in [-0.2, 0) is 6.54 Å². The standard InChI is InChI=1S/C15H18BrN3O/c1-4-17-7-12-8-19-14(9-18-12)20-13-5-10(2)15(16)11(3)6-13/h5-6,8-9,17H,4,7H2,1-3H3. The normalized spacial score (nSPS) is 10.6. The Kier molecular flexibility index (Phi) is 5.09. The van der Waals surface area contributed by atoms with E-state index in [1.807, 2.05) is 26.0 Å². The summed E-state index contributed by atoms with van der Waals surface area (Å²) in [6.45, 7) is 7.77. The highest BCUT2D eigenvalue weighted by molar-refractivity contribution is 9.10. The van der Waals surface area contributed by atoms with Crippen LogP contribution in [0.4, 0.5) is 0 Å². The molecule has 0 amide bonds. The van der Waals surface area contributed by atoms with Crippen molar-refractivity contribution in [2.24, 2.45) is 0 Å². The highest BCUT2D eigenvalue weighted by atomic mass is 79.9. The van der Waals surface area contributed by atoms with E-state index >= 15 is 0 Å². The molecule has 0 unspecified atom stereocenters. The molecule has 0 atom stereocenters. The van der Waals surface area contributed by atoms with Gasteiger partial charge >= 0.3 is 0 Å². The lowest BCUT2D eigenvalue weighted by Gasteiger charge is -2.09. The largest absolute Gasteiger partial charge is 0.437 e. The molecular weight excluding hydrogens is 318 g/mol. The zero-order chi connectivity index (χ0) is 14.5. The van der Waals surface area contributed by atoms with Gasteiger partial charge in [0.2, 0.25) is 5.88 Å². The lowest BCUT2D eigenvalue weighted by Crippen LogP contribution is -2.13. The van der Waals surface area contributed by atoms with Gasteiger partial charge < -0.3 is 10.1 Å². The molecule has 106 valence electrons. The monoisotopic (exact) mass is 335 g/mol. The van der Waals surface area contributed by atoms with Crippen molar-refractivity contribution >= 4 is 15.9 Å². The molecule has 1 heterocycles. The summed E-state index contributed by atoms with van der Waals surface area (Å²) >= 11 is 3.54. The van der Waals surface area contributed by atoms with Crippen LogP contribution in [0.15, 0.2) is 29.0 Å². The third-order valence-electron chi connectivity index (χ3n) is 2.87.